The molecule has 0 aliphatic rings. The molecule has 7 heteroatoms. The number of ether oxygens (including phenoxy) is 1. The van der Waals surface area contributed by atoms with E-state index in [1.54, 1.807) is 18.4 Å². The Morgan fingerprint density at radius 3 is 2.35 bits per heavy atom. The number of nitro benzene ring substituents is 1. The van der Waals surface area contributed by atoms with Gasteiger partial charge in [0.1, 0.15) is 0 Å². The molecule has 0 bridgehead atoms. The monoisotopic (exact) mass is 373 g/mol. The van der Waals surface area contributed by atoms with Gasteiger partial charge in [0.2, 0.25) is 0 Å². The van der Waals surface area contributed by atoms with Crippen LogP contribution in [-0.2, 0) is 11.2 Å². The summed E-state index contributed by atoms with van der Waals surface area (Å²) in [5, 5.41) is 11.1. The summed E-state index contributed by atoms with van der Waals surface area (Å²) in [6.07, 6.45) is 3.67. The van der Waals surface area contributed by atoms with Gasteiger partial charge in [0, 0.05) is 11.6 Å². The zero-order valence-corrected chi connectivity index (χ0v) is 15.4. The second-order valence-corrected chi connectivity index (χ2v) is 6.44. The summed E-state index contributed by atoms with van der Waals surface area (Å²) < 4.78 is 5.01. The second-order valence-electron chi connectivity index (χ2n) is 5.59. The number of ketones is 1. The molecule has 0 fully saturated rings. The summed E-state index contributed by atoms with van der Waals surface area (Å²) in [6, 6.07) is 11.3. The third kappa shape index (κ3) is 4.92. The van der Waals surface area contributed by atoms with Gasteiger partial charge in [-0.2, -0.15) is 0 Å². The van der Waals surface area contributed by atoms with Crippen LogP contribution in [0.25, 0.3) is 0 Å². The van der Waals surface area contributed by atoms with Crippen LogP contribution in [0.5, 0.6) is 0 Å². The fraction of sp³-hybridized carbons (Fsp3) is 0.263. The number of hydrogen-bond acceptors (Lipinski definition) is 6. The molecule has 2 aromatic carbocycles. The molecule has 0 atom stereocenters. The van der Waals surface area contributed by atoms with Gasteiger partial charge in [0.25, 0.3) is 5.69 Å². The van der Waals surface area contributed by atoms with E-state index in [1.807, 2.05) is 12.1 Å². The minimum atomic E-state index is -0.767. The fourth-order valence-corrected chi connectivity index (χ4v) is 2.95. The van der Waals surface area contributed by atoms with Crippen LogP contribution < -0.4 is 0 Å². The first-order valence-electron chi connectivity index (χ1n) is 8.08. The largest absolute Gasteiger partial charge is 0.454 e. The zero-order valence-electron chi connectivity index (χ0n) is 14.6. The lowest BCUT2D eigenvalue weighted by Crippen LogP contribution is -2.14. The van der Waals surface area contributed by atoms with Crippen molar-refractivity contribution in [1.29, 1.82) is 0 Å². The van der Waals surface area contributed by atoms with E-state index in [0.29, 0.717) is 10.5 Å². The van der Waals surface area contributed by atoms with Gasteiger partial charge in [0.05, 0.1) is 15.4 Å². The molecule has 6 nitrogen and oxygen atoms in total. The van der Waals surface area contributed by atoms with Gasteiger partial charge in [-0.25, -0.2) is 4.79 Å². The van der Waals surface area contributed by atoms with E-state index in [2.05, 4.69) is 6.92 Å². The number of carbonyl (C=O) groups is 2. The Morgan fingerprint density at radius 1 is 1.12 bits per heavy atom. The van der Waals surface area contributed by atoms with Crippen molar-refractivity contribution in [1.82, 2.24) is 0 Å². The molecular weight excluding hydrogens is 354 g/mol. The molecule has 0 spiro atoms. The van der Waals surface area contributed by atoms with E-state index in [9.17, 15) is 19.7 Å². The molecule has 0 N–H and O–H groups in total. The highest BCUT2D eigenvalue weighted by Crippen LogP contribution is 2.28. The maximum Gasteiger partial charge on any atom is 0.338 e. The quantitative estimate of drug-likeness (QED) is 0.225. The van der Waals surface area contributed by atoms with E-state index in [4.69, 9.17) is 4.74 Å². The highest BCUT2D eigenvalue weighted by Gasteiger charge is 2.18. The minimum Gasteiger partial charge on any atom is -0.454 e. The van der Waals surface area contributed by atoms with Crippen molar-refractivity contribution in [2.24, 2.45) is 0 Å². The number of hydrogen-bond donors (Lipinski definition) is 0. The smallest absolute Gasteiger partial charge is 0.338 e. The number of rotatable bonds is 8. The van der Waals surface area contributed by atoms with Crippen molar-refractivity contribution >= 4 is 29.2 Å². The third-order valence-corrected chi connectivity index (χ3v) is 4.55. The maximum atomic E-state index is 12.1. The number of carbonyl (C=O) groups excluding carboxylic acids is 2. The average molecular weight is 373 g/mol. The first-order valence-corrected chi connectivity index (χ1v) is 9.30. The topological polar surface area (TPSA) is 86.5 Å². The summed E-state index contributed by atoms with van der Waals surface area (Å²) >= 11 is 1.22. The predicted octanol–water partition coefficient (Wildman–Crippen LogP) is 4.31. The van der Waals surface area contributed by atoms with Crippen molar-refractivity contribution in [3.63, 3.8) is 0 Å². The van der Waals surface area contributed by atoms with Crippen LogP contribution in [0.2, 0.25) is 0 Å². The van der Waals surface area contributed by atoms with Gasteiger partial charge in [0.15, 0.2) is 12.4 Å². The van der Waals surface area contributed by atoms with Crippen LogP contribution >= 0.6 is 11.8 Å². The summed E-state index contributed by atoms with van der Waals surface area (Å²) in [4.78, 5) is 35.2. The molecule has 0 aliphatic heterocycles. The Bertz CT molecular complexity index is 817. The number of thioether (sulfide) groups is 1. The number of nitro groups is 1. The SMILES string of the molecule is CCCc1ccc(C(=O)COC(=O)c2ccc(SC)c([N+](=O)[O-])c2)cc1. The summed E-state index contributed by atoms with van der Waals surface area (Å²) in [5.41, 5.74) is 1.48. The first kappa shape index (κ1) is 19.7. The van der Waals surface area contributed by atoms with Crippen LogP contribution in [0, 0.1) is 10.1 Å². The molecule has 0 amide bonds. The summed E-state index contributed by atoms with van der Waals surface area (Å²) in [7, 11) is 0. The first-order chi connectivity index (χ1) is 12.5. The van der Waals surface area contributed by atoms with Crippen LogP contribution in [-0.4, -0.2) is 29.5 Å². The minimum absolute atomic E-state index is 0.0422. The Morgan fingerprint density at radius 2 is 1.77 bits per heavy atom. The van der Waals surface area contributed by atoms with Crippen LogP contribution in [0.1, 0.15) is 39.6 Å². The van der Waals surface area contributed by atoms with Crippen molar-refractivity contribution in [2.75, 3.05) is 12.9 Å². The van der Waals surface area contributed by atoms with Gasteiger partial charge in [-0.05, 0) is 30.4 Å². The molecular formula is C19H19NO5S. The molecule has 0 radical (unpaired) electrons. The lowest BCUT2D eigenvalue weighted by molar-refractivity contribution is -0.387. The molecule has 0 unspecified atom stereocenters. The van der Waals surface area contributed by atoms with Crippen molar-refractivity contribution < 1.29 is 19.2 Å². The van der Waals surface area contributed by atoms with Crippen LogP contribution in [0.3, 0.4) is 0 Å². The molecule has 0 saturated heterocycles. The maximum absolute atomic E-state index is 12.1. The normalized spacial score (nSPS) is 10.4. The van der Waals surface area contributed by atoms with E-state index in [0.717, 1.165) is 24.5 Å². The van der Waals surface area contributed by atoms with E-state index in [-0.39, 0.29) is 17.0 Å². The van der Waals surface area contributed by atoms with E-state index < -0.39 is 17.5 Å². The van der Waals surface area contributed by atoms with Gasteiger partial charge in [-0.15, -0.1) is 11.8 Å². The molecule has 136 valence electrons. The molecule has 0 saturated carbocycles. The average Bonchev–Trinajstić information content (AvgIpc) is 2.66. The molecule has 26 heavy (non-hydrogen) atoms. The van der Waals surface area contributed by atoms with Gasteiger partial charge in [-0.3, -0.25) is 14.9 Å². The highest BCUT2D eigenvalue weighted by molar-refractivity contribution is 7.98. The summed E-state index contributed by atoms with van der Waals surface area (Å²) in [6.45, 7) is 1.67. The predicted molar refractivity (Wildman–Crippen MR) is 99.9 cm³/mol. The Balaban J connectivity index is 2.02. The zero-order chi connectivity index (χ0) is 19.1. The molecule has 2 rings (SSSR count). The Labute approximate surface area is 155 Å². The van der Waals surface area contributed by atoms with Gasteiger partial charge < -0.3 is 4.74 Å². The Kier molecular flexibility index (Phi) is 6.91. The standard InChI is InChI=1S/C19H19NO5S/c1-3-4-13-5-7-14(8-6-13)17(21)12-25-19(22)15-9-10-18(26-2)16(11-15)20(23)24/h5-11H,3-4,12H2,1-2H3. The Hall–Kier alpha value is -2.67. The number of nitrogens with zero attached hydrogens (tertiary/aromatic N) is 1. The van der Waals surface area contributed by atoms with Crippen molar-refractivity contribution in [3.05, 3.63) is 69.3 Å². The van der Waals surface area contributed by atoms with Gasteiger partial charge in [-0.1, -0.05) is 37.6 Å². The molecule has 0 aromatic heterocycles. The van der Waals surface area contributed by atoms with Crippen LogP contribution in [0.15, 0.2) is 47.4 Å². The number of aryl methyl sites for hydroxylation is 1. The summed E-state index contributed by atoms with van der Waals surface area (Å²) in [5.74, 6) is -1.09. The second kappa shape index (κ2) is 9.15. The molecule has 0 heterocycles. The van der Waals surface area contributed by atoms with E-state index >= 15 is 0 Å². The van der Waals surface area contributed by atoms with Crippen molar-refractivity contribution in [3.8, 4) is 0 Å². The fourth-order valence-electron chi connectivity index (χ4n) is 2.40. The molecule has 0 aliphatic carbocycles. The van der Waals surface area contributed by atoms with Crippen LogP contribution in [0.4, 0.5) is 5.69 Å². The van der Waals surface area contributed by atoms with Gasteiger partial charge >= 0.3 is 5.97 Å². The molecule has 2 aromatic rings. The lowest BCUT2D eigenvalue weighted by atomic mass is 10.1. The number of benzene rings is 2. The lowest BCUT2D eigenvalue weighted by Gasteiger charge is -2.06. The number of Topliss-reactive ketones (excluding diaryl/α,β-unsaturated/α-hetero) is 1. The van der Waals surface area contributed by atoms with E-state index in [1.165, 1.54) is 23.9 Å². The van der Waals surface area contributed by atoms with Crippen molar-refractivity contribution in [2.45, 2.75) is 24.7 Å². The third-order valence-electron chi connectivity index (χ3n) is 3.76. The number of esters is 1. The highest BCUT2D eigenvalue weighted by atomic mass is 32.2.